The zero-order valence-corrected chi connectivity index (χ0v) is 16.0. The quantitative estimate of drug-likeness (QED) is 0.426. The summed E-state index contributed by atoms with van der Waals surface area (Å²) in [4.78, 5) is 6.73. The van der Waals surface area contributed by atoms with E-state index in [-0.39, 0.29) is 0 Å². The highest BCUT2D eigenvalue weighted by Gasteiger charge is 2.20. The van der Waals surface area contributed by atoms with Crippen LogP contribution in [-0.2, 0) is 11.3 Å². The number of nitrogens with one attached hydrogen (secondary N) is 2. The second-order valence-electron chi connectivity index (χ2n) is 6.54. The van der Waals surface area contributed by atoms with Crippen LogP contribution in [0.5, 0.6) is 5.75 Å². The Morgan fingerprint density at radius 1 is 1.32 bits per heavy atom. The molecule has 0 aliphatic carbocycles. The van der Waals surface area contributed by atoms with Crippen LogP contribution < -0.4 is 15.4 Å². The Kier molecular flexibility index (Phi) is 8.01. The minimum atomic E-state index is 0.550. The molecule has 0 amide bonds. The highest BCUT2D eigenvalue weighted by Crippen LogP contribution is 2.20. The van der Waals surface area contributed by atoms with E-state index in [1.54, 1.807) is 14.2 Å². The molecule has 1 fully saturated rings. The average molecular weight is 348 g/mol. The van der Waals surface area contributed by atoms with Gasteiger partial charge in [-0.1, -0.05) is 12.1 Å². The van der Waals surface area contributed by atoms with Gasteiger partial charge in [-0.05, 0) is 45.0 Å². The Morgan fingerprint density at radius 3 is 2.84 bits per heavy atom. The molecule has 1 aliphatic heterocycles. The molecule has 1 atom stereocenters. The standard InChI is InChI=1S/C19H32N4O2/c1-15-7-8-16(18(12-15)25-11-10-24-4)13-21-19(20-2)22-14-17-6-5-9-23(17)3/h7-8,12,17H,5-6,9-11,13-14H2,1-4H3,(H2,20,21,22). The summed E-state index contributed by atoms with van der Waals surface area (Å²) in [5, 5.41) is 6.82. The predicted molar refractivity (Wildman–Crippen MR) is 102 cm³/mol. The topological polar surface area (TPSA) is 58.1 Å². The number of likely N-dealkylation sites (tertiary alicyclic amines) is 1. The lowest BCUT2D eigenvalue weighted by atomic mass is 10.1. The highest BCUT2D eigenvalue weighted by molar-refractivity contribution is 5.79. The van der Waals surface area contributed by atoms with Gasteiger partial charge in [-0.2, -0.15) is 0 Å². The molecule has 140 valence electrons. The molecule has 6 heteroatoms. The van der Waals surface area contributed by atoms with Crippen molar-refractivity contribution >= 4 is 5.96 Å². The van der Waals surface area contributed by atoms with Crippen molar-refractivity contribution in [1.82, 2.24) is 15.5 Å². The summed E-state index contributed by atoms with van der Waals surface area (Å²) in [7, 11) is 5.67. The Bertz CT molecular complexity index is 562. The van der Waals surface area contributed by atoms with E-state index in [1.165, 1.54) is 24.9 Å². The smallest absolute Gasteiger partial charge is 0.191 e. The Hall–Kier alpha value is -1.79. The average Bonchev–Trinajstić information content (AvgIpc) is 3.02. The van der Waals surface area contributed by atoms with Crippen molar-refractivity contribution in [3.8, 4) is 5.75 Å². The highest BCUT2D eigenvalue weighted by atomic mass is 16.5. The number of hydrogen-bond acceptors (Lipinski definition) is 4. The fraction of sp³-hybridized carbons (Fsp3) is 0.632. The van der Waals surface area contributed by atoms with Gasteiger partial charge in [0.05, 0.1) is 6.61 Å². The van der Waals surface area contributed by atoms with E-state index >= 15 is 0 Å². The van der Waals surface area contributed by atoms with E-state index in [0.717, 1.165) is 23.8 Å². The van der Waals surface area contributed by atoms with Crippen molar-refractivity contribution in [3.05, 3.63) is 29.3 Å². The van der Waals surface area contributed by atoms with E-state index in [9.17, 15) is 0 Å². The molecule has 0 aromatic heterocycles. The van der Waals surface area contributed by atoms with Gasteiger partial charge in [0.25, 0.3) is 0 Å². The van der Waals surface area contributed by atoms with Crippen LogP contribution in [0.25, 0.3) is 0 Å². The Labute approximate surface area is 151 Å². The van der Waals surface area contributed by atoms with Crippen molar-refractivity contribution in [3.63, 3.8) is 0 Å². The number of aliphatic imine (C=N–C) groups is 1. The molecule has 0 saturated carbocycles. The molecule has 1 unspecified atom stereocenters. The minimum Gasteiger partial charge on any atom is -0.491 e. The molecule has 6 nitrogen and oxygen atoms in total. The number of nitrogens with zero attached hydrogens (tertiary/aromatic N) is 2. The number of methoxy groups -OCH3 is 1. The number of rotatable bonds is 8. The summed E-state index contributed by atoms with van der Waals surface area (Å²) >= 11 is 0. The van der Waals surface area contributed by atoms with Crippen LogP contribution in [-0.4, -0.2) is 64.4 Å². The SMILES string of the molecule is CN=C(NCc1ccc(C)cc1OCCOC)NCC1CCCN1C. The molecule has 25 heavy (non-hydrogen) atoms. The predicted octanol–water partition coefficient (Wildman–Crippen LogP) is 1.78. The van der Waals surface area contributed by atoms with Crippen LogP contribution >= 0.6 is 0 Å². The summed E-state index contributed by atoms with van der Waals surface area (Å²) in [6.45, 7) is 5.97. The van der Waals surface area contributed by atoms with Crippen molar-refractivity contribution in [2.75, 3.05) is 47.5 Å². The van der Waals surface area contributed by atoms with Crippen molar-refractivity contribution in [2.24, 2.45) is 4.99 Å². The first kappa shape index (κ1) is 19.5. The van der Waals surface area contributed by atoms with Gasteiger partial charge >= 0.3 is 0 Å². The molecule has 0 spiro atoms. The number of ether oxygens (including phenoxy) is 2. The number of aryl methyl sites for hydroxylation is 1. The normalized spacial score (nSPS) is 18.4. The lowest BCUT2D eigenvalue weighted by Gasteiger charge is -2.21. The minimum absolute atomic E-state index is 0.550. The molecule has 1 aromatic carbocycles. The van der Waals surface area contributed by atoms with Gasteiger partial charge in [0.15, 0.2) is 5.96 Å². The second kappa shape index (κ2) is 10.3. The lowest BCUT2D eigenvalue weighted by Crippen LogP contribution is -2.43. The maximum absolute atomic E-state index is 5.85. The van der Waals surface area contributed by atoms with Gasteiger partial charge in [-0.15, -0.1) is 0 Å². The largest absolute Gasteiger partial charge is 0.491 e. The molecular formula is C19H32N4O2. The first-order chi connectivity index (χ1) is 12.1. The van der Waals surface area contributed by atoms with Gasteiger partial charge in [-0.25, -0.2) is 0 Å². The molecular weight excluding hydrogens is 316 g/mol. The number of likely N-dealkylation sites (N-methyl/N-ethyl adjacent to an activating group) is 1. The molecule has 0 radical (unpaired) electrons. The van der Waals surface area contributed by atoms with E-state index < -0.39 is 0 Å². The fourth-order valence-corrected chi connectivity index (χ4v) is 3.03. The van der Waals surface area contributed by atoms with Gasteiger partial charge < -0.3 is 25.0 Å². The van der Waals surface area contributed by atoms with Crippen molar-refractivity contribution < 1.29 is 9.47 Å². The van der Waals surface area contributed by atoms with E-state index in [2.05, 4.69) is 52.7 Å². The molecule has 2 rings (SSSR count). The molecule has 2 N–H and O–H groups in total. The van der Waals surface area contributed by atoms with E-state index in [1.807, 2.05) is 0 Å². The van der Waals surface area contributed by atoms with Crippen molar-refractivity contribution in [2.45, 2.75) is 32.4 Å². The van der Waals surface area contributed by atoms with E-state index in [4.69, 9.17) is 9.47 Å². The number of guanidine groups is 1. The maximum Gasteiger partial charge on any atom is 0.191 e. The van der Waals surface area contributed by atoms with Gasteiger partial charge in [0.2, 0.25) is 0 Å². The molecule has 1 heterocycles. The monoisotopic (exact) mass is 348 g/mol. The van der Waals surface area contributed by atoms with Crippen LogP contribution in [0.15, 0.2) is 23.2 Å². The maximum atomic E-state index is 5.85. The van der Waals surface area contributed by atoms with Crippen LogP contribution in [0, 0.1) is 6.92 Å². The zero-order chi connectivity index (χ0) is 18.1. The molecule has 1 aromatic rings. The molecule has 1 aliphatic rings. The number of hydrogen-bond donors (Lipinski definition) is 2. The first-order valence-electron chi connectivity index (χ1n) is 9.00. The third-order valence-corrected chi connectivity index (χ3v) is 4.61. The van der Waals surface area contributed by atoms with E-state index in [0.29, 0.717) is 25.8 Å². The van der Waals surface area contributed by atoms with Crippen LogP contribution in [0.3, 0.4) is 0 Å². The van der Waals surface area contributed by atoms with Gasteiger partial charge in [0.1, 0.15) is 12.4 Å². The lowest BCUT2D eigenvalue weighted by molar-refractivity contribution is 0.145. The molecule has 1 saturated heterocycles. The fourth-order valence-electron chi connectivity index (χ4n) is 3.03. The second-order valence-corrected chi connectivity index (χ2v) is 6.54. The Morgan fingerprint density at radius 2 is 2.16 bits per heavy atom. The third kappa shape index (κ3) is 6.21. The summed E-state index contributed by atoms with van der Waals surface area (Å²) in [6, 6.07) is 6.86. The summed E-state index contributed by atoms with van der Waals surface area (Å²) < 4.78 is 10.9. The molecule has 0 bridgehead atoms. The zero-order valence-electron chi connectivity index (χ0n) is 16.0. The summed E-state index contributed by atoms with van der Waals surface area (Å²) in [5.41, 5.74) is 2.30. The van der Waals surface area contributed by atoms with Gasteiger partial charge in [0, 0.05) is 38.9 Å². The summed E-state index contributed by atoms with van der Waals surface area (Å²) in [5.74, 6) is 1.72. The van der Waals surface area contributed by atoms with Gasteiger partial charge in [-0.3, -0.25) is 4.99 Å². The van der Waals surface area contributed by atoms with Crippen LogP contribution in [0.2, 0.25) is 0 Å². The third-order valence-electron chi connectivity index (χ3n) is 4.61. The van der Waals surface area contributed by atoms with Crippen molar-refractivity contribution in [1.29, 1.82) is 0 Å². The van der Waals surface area contributed by atoms with Crippen LogP contribution in [0.1, 0.15) is 24.0 Å². The number of benzene rings is 1. The first-order valence-corrected chi connectivity index (χ1v) is 9.00. The Balaban J connectivity index is 1.87. The summed E-state index contributed by atoms with van der Waals surface area (Å²) in [6.07, 6.45) is 2.52. The van der Waals surface area contributed by atoms with Crippen LogP contribution in [0.4, 0.5) is 0 Å².